The highest BCUT2D eigenvalue weighted by molar-refractivity contribution is 7.99. The molecule has 0 aromatic heterocycles. The van der Waals surface area contributed by atoms with E-state index in [1.165, 1.54) is 37.2 Å². The van der Waals surface area contributed by atoms with Crippen molar-refractivity contribution in [1.29, 1.82) is 0 Å². The minimum absolute atomic E-state index is 0.831. The summed E-state index contributed by atoms with van der Waals surface area (Å²) in [6.07, 6.45) is 5.61. The number of halogens is 1. The van der Waals surface area contributed by atoms with Gasteiger partial charge in [0.05, 0.1) is 0 Å². The van der Waals surface area contributed by atoms with Gasteiger partial charge in [-0.25, -0.2) is 0 Å². The quantitative estimate of drug-likeness (QED) is 0.461. The Balaban J connectivity index is 1.76. The molecule has 0 amide bonds. The Morgan fingerprint density at radius 1 is 1.40 bits per heavy atom. The Hall–Kier alpha value is 0.640. The van der Waals surface area contributed by atoms with Crippen LogP contribution >= 0.6 is 23.4 Å². The van der Waals surface area contributed by atoms with Crippen molar-refractivity contribution in [3.05, 3.63) is 0 Å². The maximum Gasteiger partial charge on any atom is 0.0231 e. The van der Waals surface area contributed by atoms with Crippen molar-refractivity contribution in [2.24, 2.45) is 5.92 Å². The summed E-state index contributed by atoms with van der Waals surface area (Å²) < 4.78 is 0. The van der Waals surface area contributed by atoms with E-state index in [2.05, 4.69) is 11.8 Å². The molecule has 2 heteroatoms. The van der Waals surface area contributed by atoms with Crippen molar-refractivity contribution in [2.45, 2.75) is 25.7 Å². The van der Waals surface area contributed by atoms with Crippen LogP contribution < -0.4 is 0 Å². The summed E-state index contributed by atoms with van der Waals surface area (Å²) >= 11 is 7.63. The van der Waals surface area contributed by atoms with Crippen LogP contribution in [0.1, 0.15) is 25.7 Å². The highest BCUT2D eigenvalue weighted by Gasteiger charge is 2.16. The molecule has 0 nitrogen and oxygen atoms in total. The topological polar surface area (TPSA) is 0 Å². The smallest absolute Gasteiger partial charge is 0.0231 e. The van der Waals surface area contributed by atoms with E-state index in [0.29, 0.717) is 0 Å². The summed E-state index contributed by atoms with van der Waals surface area (Å²) in [6.45, 7) is 0. The summed E-state index contributed by atoms with van der Waals surface area (Å²) in [7, 11) is 0. The first kappa shape index (κ1) is 8.73. The van der Waals surface area contributed by atoms with E-state index < -0.39 is 0 Å². The van der Waals surface area contributed by atoms with Crippen LogP contribution in [0.3, 0.4) is 0 Å². The molecule has 0 N–H and O–H groups in total. The zero-order chi connectivity index (χ0) is 7.23. The monoisotopic (exact) mass is 178 g/mol. The molecule has 1 fully saturated rings. The fourth-order valence-corrected chi connectivity index (χ4v) is 2.54. The lowest BCUT2D eigenvalue weighted by Gasteiger charge is -2.24. The average Bonchev–Trinajstić information content (AvgIpc) is 1.84. The summed E-state index contributed by atoms with van der Waals surface area (Å²) in [6, 6.07) is 0. The van der Waals surface area contributed by atoms with Gasteiger partial charge in [-0.15, -0.1) is 11.6 Å². The van der Waals surface area contributed by atoms with Gasteiger partial charge in [0.2, 0.25) is 0 Å². The van der Waals surface area contributed by atoms with Crippen molar-refractivity contribution in [1.82, 2.24) is 0 Å². The highest BCUT2D eigenvalue weighted by Crippen LogP contribution is 2.29. The van der Waals surface area contributed by atoms with Gasteiger partial charge in [-0.3, -0.25) is 0 Å². The maximum atomic E-state index is 5.55. The number of alkyl halides is 1. The van der Waals surface area contributed by atoms with Gasteiger partial charge in [-0.2, -0.15) is 11.8 Å². The summed E-state index contributed by atoms with van der Waals surface area (Å²) in [4.78, 5) is 0. The lowest BCUT2D eigenvalue weighted by molar-refractivity contribution is 0.353. The van der Waals surface area contributed by atoms with E-state index in [4.69, 9.17) is 11.6 Å². The normalized spacial score (nSPS) is 18.9. The van der Waals surface area contributed by atoms with Gasteiger partial charge in [0.25, 0.3) is 0 Å². The van der Waals surface area contributed by atoms with Crippen molar-refractivity contribution in [3.63, 3.8) is 0 Å². The average molecular weight is 179 g/mol. The lowest BCUT2D eigenvalue weighted by atomic mass is 9.87. The molecule has 1 rings (SSSR count). The molecule has 1 saturated carbocycles. The van der Waals surface area contributed by atoms with Gasteiger partial charge >= 0.3 is 0 Å². The van der Waals surface area contributed by atoms with Crippen LogP contribution in [0, 0.1) is 5.92 Å². The fourth-order valence-electron chi connectivity index (χ4n) is 1.07. The Labute approximate surface area is 72.7 Å². The second-order valence-corrected chi connectivity index (χ2v) is 4.44. The molecule has 0 aromatic carbocycles. The van der Waals surface area contributed by atoms with Crippen LogP contribution in [-0.2, 0) is 0 Å². The molecule has 0 heterocycles. The van der Waals surface area contributed by atoms with E-state index in [1.54, 1.807) is 0 Å². The van der Waals surface area contributed by atoms with Crippen LogP contribution in [0.25, 0.3) is 0 Å². The summed E-state index contributed by atoms with van der Waals surface area (Å²) in [5.74, 6) is 4.54. The highest BCUT2D eigenvalue weighted by atomic mass is 35.5. The number of hydrogen-bond donors (Lipinski definition) is 0. The van der Waals surface area contributed by atoms with Crippen LogP contribution in [-0.4, -0.2) is 17.4 Å². The molecular weight excluding hydrogens is 164 g/mol. The molecule has 0 spiro atoms. The molecule has 0 aromatic rings. The Morgan fingerprint density at radius 3 is 2.70 bits per heavy atom. The molecule has 1 aliphatic rings. The van der Waals surface area contributed by atoms with Gasteiger partial charge in [-0.05, 0) is 36.7 Å². The van der Waals surface area contributed by atoms with Crippen LogP contribution in [0.15, 0.2) is 0 Å². The standard InChI is InChI=1S/C8H15ClS/c9-5-2-6-10-7-8-3-1-4-8/h8H,1-7H2. The second kappa shape index (κ2) is 5.31. The Morgan fingerprint density at radius 2 is 2.20 bits per heavy atom. The minimum atomic E-state index is 0.831. The summed E-state index contributed by atoms with van der Waals surface area (Å²) in [5, 5.41) is 0. The van der Waals surface area contributed by atoms with Crippen LogP contribution in [0.2, 0.25) is 0 Å². The van der Waals surface area contributed by atoms with E-state index in [9.17, 15) is 0 Å². The Bertz CT molecular complexity index is 81.3. The van der Waals surface area contributed by atoms with Gasteiger partial charge in [0.15, 0.2) is 0 Å². The molecule has 0 aliphatic heterocycles. The number of hydrogen-bond acceptors (Lipinski definition) is 1. The van der Waals surface area contributed by atoms with Gasteiger partial charge in [-0.1, -0.05) is 6.42 Å². The molecule has 1 aliphatic carbocycles. The van der Waals surface area contributed by atoms with Crippen molar-refractivity contribution < 1.29 is 0 Å². The van der Waals surface area contributed by atoms with Gasteiger partial charge in [0, 0.05) is 5.88 Å². The minimum Gasteiger partial charge on any atom is -0.162 e. The number of rotatable bonds is 5. The third-order valence-corrected chi connectivity index (χ3v) is 3.55. The lowest BCUT2D eigenvalue weighted by Crippen LogP contribution is -2.13. The van der Waals surface area contributed by atoms with Gasteiger partial charge in [0.1, 0.15) is 0 Å². The molecular formula is C8H15ClS. The first-order valence-corrected chi connectivity index (χ1v) is 5.76. The van der Waals surface area contributed by atoms with E-state index in [-0.39, 0.29) is 0 Å². The molecule has 0 radical (unpaired) electrons. The van der Waals surface area contributed by atoms with E-state index in [0.717, 1.165) is 11.8 Å². The molecule has 0 bridgehead atoms. The maximum absolute atomic E-state index is 5.55. The third kappa shape index (κ3) is 3.16. The Kier molecular flexibility index (Phi) is 4.64. The zero-order valence-electron chi connectivity index (χ0n) is 6.31. The van der Waals surface area contributed by atoms with E-state index >= 15 is 0 Å². The first-order valence-electron chi connectivity index (χ1n) is 4.07. The van der Waals surface area contributed by atoms with Crippen molar-refractivity contribution in [3.8, 4) is 0 Å². The zero-order valence-corrected chi connectivity index (χ0v) is 7.89. The SMILES string of the molecule is ClCCCSCC1CCC1. The molecule has 0 unspecified atom stereocenters. The first-order chi connectivity index (χ1) is 4.93. The molecule has 0 saturated heterocycles. The third-order valence-electron chi connectivity index (χ3n) is 2.00. The van der Waals surface area contributed by atoms with Crippen molar-refractivity contribution >= 4 is 23.4 Å². The second-order valence-electron chi connectivity index (χ2n) is 2.91. The van der Waals surface area contributed by atoms with Crippen molar-refractivity contribution in [2.75, 3.05) is 17.4 Å². The summed E-state index contributed by atoms with van der Waals surface area (Å²) in [5.41, 5.74) is 0. The predicted molar refractivity (Wildman–Crippen MR) is 50.0 cm³/mol. The molecule has 60 valence electrons. The molecule has 0 atom stereocenters. The van der Waals surface area contributed by atoms with E-state index in [1.807, 2.05) is 0 Å². The molecule has 10 heavy (non-hydrogen) atoms. The predicted octanol–water partition coefficient (Wildman–Crippen LogP) is 3.15. The number of thioether (sulfide) groups is 1. The van der Waals surface area contributed by atoms with Crippen LogP contribution in [0.4, 0.5) is 0 Å². The van der Waals surface area contributed by atoms with Gasteiger partial charge < -0.3 is 0 Å². The largest absolute Gasteiger partial charge is 0.162 e. The van der Waals surface area contributed by atoms with Crippen LogP contribution in [0.5, 0.6) is 0 Å². The fraction of sp³-hybridized carbons (Fsp3) is 1.00.